The van der Waals surface area contributed by atoms with Crippen molar-refractivity contribution in [2.24, 2.45) is 0 Å². The van der Waals surface area contributed by atoms with Crippen LogP contribution < -0.4 is 0 Å². The van der Waals surface area contributed by atoms with Crippen molar-refractivity contribution in [2.45, 2.75) is 52.7 Å². The van der Waals surface area contributed by atoms with Gasteiger partial charge < -0.3 is 5.11 Å². The van der Waals surface area contributed by atoms with Crippen molar-refractivity contribution in [3.63, 3.8) is 0 Å². The zero-order valence-electron chi connectivity index (χ0n) is 11.6. The summed E-state index contributed by atoms with van der Waals surface area (Å²) in [5, 5.41) is 13.3. The van der Waals surface area contributed by atoms with E-state index in [2.05, 4.69) is 18.9 Å². The van der Waals surface area contributed by atoms with Gasteiger partial charge in [0.2, 0.25) is 0 Å². The van der Waals surface area contributed by atoms with E-state index in [1.165, 1.54) is 0 Å². The predicted molar refractivity (Wildman–Crippen MR) is 70.4 cm³/mol. The van der Waals surface area contributed by atoms with Crippen LogP contribution >= 0.6 is 0 Å². The van der Waals surface area contributed by atoms with Crippen LogP contribution in [0.5, 0.6) is 0 Å². The molecular weight excluding hydrogens is 230 g/mol. The number of carboxylic acid groups (broad SMARTS) is 1. The van der Waals surface area contributed by atoms with Crippen molar-refractivity contribution in [1.82, 2.24) is 14.7 Å². The maximum absolute atomic E-state index is 11.0. The first-order valence-electron chi connectivity index (χ1n) is 6.49. The van der Waals surface area contributed by atoms with E-state index in [-0.39, 0.29) is 18.6 Å². The zero-order chi connectivity index (χ0) is 13.7. The smallest absolute Gasteiger partial charge is 0.317 e. The molecule has 1 heterocycles. The fourth-order valence-electron chi connectivity index (χ4n) is 2.02. The van der Waals surface area contributed by atoms with Crippen LogP contribution in [0.4, 0.5) is 0 Å². The molecule has 2 atom stereocenters. The normalized spacial score (nSPS) is 14.7. The van der Waals surface area contributed by atoms with E-state index in [1.54, 1.807) is 0 Å². The van der Waals surface area contributed by atoms with Crippen LogP contribution in [0.3, 0.4) is 0 Å². The second-order valence-corrected chi connectivity index (χ2v) is 4.63. The Morgan fingerprint density at radius 1 is 1.50 bits per heavy atom. The number of aliphatic carboxylic acids is 1. The van der Waals surface area contributed by atoms with Crippen LogP contribution in [0.25, 0.3) is 0 Å². The summed E-state index contributed by atoms with van der Waals surface area (Å²) >= 11 is 0. The van der Waals surface area contributed by atoms with E-state index < -0.39 is 5.97 Å². The minimum atomic E-state index is -0.787. The standard InChI is InChI=1S/C13H23N3O2/c1-5-10(3)16(9-13(17)18)11(4)12-7-14-15(6-2)8-12/h7-8,10-11H,5-6,9H2,1-4H3,(H,17,18). The minimum Gasteiger partial charge on any atom is -0.480 e. The molecule has 0 spiro atoms. The molecule has 0 amide bonds. The van der Waals surface area contributed by atoms with E-state index in [0.717, 1.165) is 18.5 Å². The van der Waals surface area contributed by atoms with Crippen LogP contribution in [0.2, 0.25) is 0 Å². The van der Waals surface area contributed by atoms with Crippen molar-refractivity contribution in [3.8, 4) is 0 Å². The molecular formula is C13H23N3O2. The summed E-state index contributed by atoms with van der Waals surface area (Å²) in [6.45, 7) is 9.09. The molecule has 0 bridgehead atoms. The molecule has 0 aromatic carbocycles. The van der Waals surface area contributed by atoms with Crippen LogP contribution in [-0.2, 0) is 11.3 Å². The van der Waals surface area contributed by atoms with E-state index in [9.17, 15) is 4.79 Å². The Hall–Kier alpha value is -1.36. The van der Waals surface area contributed by atoms with Gasteiger partial charge >= 0.3 is 5.97 Å². The average molecular weight is 253 g/mol. The number of hydrogen-bond donors (Lipinski definition) is 1. The molecule has 0 aliphatic carbocycles. The molecule has 1 aromatic rings. The number of carboxylic acids is 1. The lowest BCUT2D eigenvalue weighted by molar-refractivity contribution is -0.139. The molecule has 0 aliphatic heterocycles. The third-order valence-corrected chi connectivity index (χ3v) is 3.43. The molecule has 1 N–H and O–H groups in total. The largest absolute Gasteiger partial charge is 0.480 e. The SMILES string of the molecule is CCC(C)N(CC(=O)O)C(C)c1cnn(CC)c1. The maximum atomic E-state index is 11.0. The quantitative estimate of drug-likeness (QED) is 0.809. The van der Waals surface area contributed by atoms with Crippen molar-refractivity contribution in [2.75, 3.05) is 6.54 Å². The second kappa shape index (κ2) is 6.54. The van der Waals surface area contributed by atoms with Crippen LogP contribution in [0.1, 0.15) is 45.7 Å². The molecule has 18 heavy (non-hydrogen) atoms. The van der Waals surface area contributed by atoms with E-state index in [1.807, 2.05) is 35.8 Å². The lowest BCUT2D eigenvalue weighted by Crippen LogP contribution is -2.38. The van der Waals surface area contributed by atoms with E-state index in [4.69, 9.17) is 5.11 Å². The van der Waals surface area contributed by atoms with Crippen LogP contribution in [0, 0.1) is 0 Å². The predicted octanol–water partition coefficient (Wildman–Crippen LogP) is 2.15. The summed E-state index contributed by atoms with van der Waals surface area (Å²) in [5.41, 5.74) is 1.07. The van der Waals surface area contributed by atoms with E-state index in [0.29, 0.717) is 0 Å². The van der Waals surface area contributed by atoms with Gasteiger partial charge in [0.25, 0.3) is 0 Å². The highest BCUT2D eigenvalue weighted by atomic mass is 16.4. The van der Waals surface area contributed by atoms with Crippen LogP contribution in [0.15, 0.2) is 12.4 Å². The summed E-state index contributed by atoms with van der Waals surface area (Å²) in [4.78, 5) is 13.0. The number of aryl methyl sites for hydroxylation is 1. The van der Waals surface area contributed by atoms with Crippen molar-refractivity contribution >= 4 is 5.97 Å². The molecule has 102 valence electrons. The lowest BCUT2D eigenvalue weighted by atomic mass is 10.1. The second-order valence-electron chi connectivity index (χ2n) is 4.63. The number of nitrogens with zero attached hydrogens (tertiary/aromatic N) is 3. The van der Waals surface area contributed by atoms with Gasteiger partial charge in [-0.3, -0.25) is 14.4 Å². The third-order valence-electron chi connectivity index (χ3n) is 3.43. The molecule has 5 heteroatoms. The first kappa shape index (κ1) is 14.7. The van der Waals surface area contributed by atoms with E-state index >= 15 is 0 Å². The maximum Gasteiger partial charge on any atom is 0.317 e. The highest BCUT2D eigenvalue weighted by Crippen LogP contribution is 2.22. The van der Waals surface area contributed by atoms with Gasteiger partial charge in [-0.15, -0.1) is 0 Å². The van der Waals surface area contributed by atoms with Gasteiger partial charge in [0.15, 0.2) is 0 Å². The van der Waals surface area contributed by atoms with Gasteiger partial charge in [-0.05, 0) is 27.2 Å². The minimum absolute atomic E-state index is 0.0630. The Kier molecular flexibility index (Phi) is 5.34. The number of carbonyl (C=O) groups is 1. The van der Waals surface area contributed by atoms with Crippen LogP contribution in [-0.4, -0.2) is 38.3 Å². The summed E-state index contributed by atoms with van der Waals surface area (Å²) in [6.07, 6.45) is 4.74. The van der Waals surface area contributed by atoms with Gasteiger partial charge in [0, 0.05) is 30.4 Å². The van der Waals surface area contributed by atoms with Gasteiger partial charge in [0.1, 0.15) is 0 Å². The van der Waals surface area contributed by atoms with Crippen molar-refractivity contribution in [1.29, 1.82) is 0 Å². The lowest BCUT2D eigenvalue weighted by Gasteiger charge is -2.32. The number of hydrogen-bond acceptors (Lipinski definition) is 3. The Bertz CT molecular complexity index is 389. The van der Waals surface area contributed by atoms with Gasteiger partial charge in [-0.2, -0.15) is 5.10 Å². The molecule has 0 radical (unpaired) electrons. The summed E-state index contributed by atoms with van der Waals surface area (Å²) in [6, 6.07) is 0.303. The Morgan fingerprint density at radius 3 is 2.61 bits per heavy atom. The fourth-order valence-corrected chi connectivity index (χ4v) is 2.02. The highest BCUT2D eigenvalue weighted by Gasteiger charge is 2.23. The van der Waals surface area contributed by atoms with Gasteiger partial charge in [0.05, 0.1) is 12.7 Å². The Balaban J connectivity index is 2.86. The molecule has 0 fully saturated rings. The molecule has 1 rings (SSSR count). The number of rotatable bonds is 7. The Morgan fingerprint density at radius 2 is 2.17 bits per heavy atom. The first-order valence-corrected chi connectivity index (χ1v) is 6.49. The van der Waals surface area contributed by atoms with Gasteiger partial charge in [-0.1, -0.05) is 6.92 Å². The molecule has 0 saturated carbocycles. The molecule has 0 aliphatic rings. The van der Waals surface area contributed by atoms with Gasteiger partial charge in [-0.25, -0.2) is 0 Å². The monoisotopic (exact) mass is 253 g/mol. The first-order chi connectivity index (χ1) is 8.49. The van der Waals surface area contributed by atoms with Crippen molar-refractivity contribution in [3.05, 3.63) is 18.0 Å². The Labute approximate surface area is 108 Å². The topological polar surface area (TPSA) is 58.4 Å². The highest BCUT2D eigenvalue weighted by molar-refractivity contribution is 5.69. The summed E-state index contributed by atoms with van der Waals surface area (Å²) < 4.78 is 1.86. The molecule has 0 saturated heterocycles. The summed E-state index contributed by atoms with van der Waals surface area (Å²) in [7, 11) is 0. The number of aromatic nitrogens is 2. The van der Waals surface area contributed by atoms with Crippen molar-refractivity contribution < 1.29 is 9.90 Å². The molecule has 1 aromatic heterocycles. The fraction of sp³-hybridized carbons (Fsp3) is 0.692. The molecule has 2 unspecified atom stereocenters. The summed E-state index contributed by atoms with van der Waals surface area (Å²) in [5.74, 6) is -0.787. The average Bonchev–Trinajstić information content (AvgIpc) is 2.82. The third kappa shape index (κ3) is 3.57. The molecule has 5 nitrogen and oxygen atoms in total. The zero-order valence-corrected chi connectivity index (χ0v) is 11.6.